The number of hydrogen-bond donors (Lipinski definition) is 2. The van der Waals surface area contributed by atoms with Crippen LogP contribution in [0.15, 0.2) is 36.7 Å². The summed E-state index contributed by atoms with van der Waals surface area (Å²) in [4.78, 5) is 12.2. The van der Waals surface area contributed by atoms with E-state index in [9.17, 15) is 4.79 Å². The van der Waals surface area contributed by atoms with E-state index < -0.39 is 0 Å². The molecule has 1 heterocycles. The van der Waals surface area contributed by atoms with Crippen molar-refractivity contribution in [1.82, 2.24) is 9.78 Å². The molecule has 5 nitrogen and oxygen atoms in total. The second kappa shape index (κ2) is 4.97. The smallest absolute Gasteiger partial charge is 0.255 e. The highest BCUT2D eigenvalue weighted by molar-refractivity contribution is 7.80. The molecule has 0 unspecified atom stereocenters. The Hall–Kier alpha value is -2.21. The summed E-state index contributed by atoms with van der Waals surface area (Å²) in [5, 5.41) is 6.71. The molecule has 1 amide bonds. The number of rotatable bonds is 3. The fourth-order valence-corrected chi connectivity index (χ4v) is 1.61. The highest BCUT2D eigenvalue weighted by Crippen LogP contribution is 2.09. The van der Waals surface area contributed by atoms with E-state index in [-0.39, 0.29) is 5.91 Å². The van der Waals surface area contributed by atoms with Gasteiger partial charge in [0.05, 0.1) is 11.9 Å². The van der Waals surface area contributed by atoms with Crippen LogP contribution in [-0.4, -0.2) is 20.7 Å². The van der Waals surface area contributed by atoms with Gasteiger partial charge in [0.25, 0.3) is 5.91 Å². The monoisotopic (exact) mass is 260 g/mol. The summed E-state index contributed by atoms with van der Waals surface area (Å²) in [6.07, 6.45) is 3.31. The first kappa shape index (κ1) is 12.3. The molecule has 0 saturated carbocycles. The zero-order valence-electron chi connectivity index (χ0n) is 9.75. The Labute approximate surface area is 110 Å². The van der Waals surface area contributed by atoms with Gasteiger partial charge in [0, 0.05) is 24.4 Å². The zero-order chi connectivity index (χ0) is 13.1. The molecule has 1 aromatic heterocycles. The lowest BCUT2D eigenvalue weighted by molar-refractivity contribution is 0.102. The Morgan fingerprint density at radius 2 is 1.94 bits per heavy atom. The Morgan fingerprint density at radius 3 is 2.44 bits per heavy atom. The number of nitrogens with one attached hydrogen (secondary N) is 1. The van der Waals surface area contributed by atoms with Crippen LogP contribution in [0.5, 0.6) is 0 Å². The van der Waals surface area contributed by atoms with E-state index in [0.29, 0.717) is 16.2 Å². The third-order valence-electron chi connectivity index (χ3n) is 2.39. The number of nitrogens with two attached hydrogens (primary N) is 1. The number of amides is 1. The number of carbonyl (C=O) groups is 1. The number of hydrogen-bond acceptors (Lipinski definition) is 3. The van der Waals surface area contributed by atoms with Crippen LogP contribution in [0.3, 0.4) is 0 Å². The zero-order valence-corrected chi connectivity index (χ0v) is 10.6. The van der Waals surface area contributed by atoms with Gasteiger partial charge in [-0.05, 0) is 12.1 Å². The summed E-state index contributed by atoms with van der Waals surface area (Å²) in [6.45, 7) is 0. The van der Waals surface area contributed by atoms with Crippen molar-refractivity contribution in [3.05, 3.63) is 47.8 Å². The van der Waals surface area contributed by atoms with Gasteiger partial charge in [0.2, 0.25) is 0 Å². The fourth-order valence-electron chi connectivity index (χ4n) is 1.47. The molecule has 0 aliphatic rings. The van der Waals surface area contributed by atoms with Crippen LogP contribution in [-0.2, 0) is 7.05 Å². The van der Waals surface area contributed by atoms with E-state index >= 15 is 0 Å². The first-order chi connectivity index (χ1) is 8.56. The molecule has 6 heteroatoms. The molecule has 0 bridgehead atoms. The Bertz CT molecular complexity index is 588. The van der Waals surface area contributed by atoms with Crippen molar-refractivity contribution in [2.45, 2.75) is 0 Å². The lowest BCUT2D eigenvalue weighted by Crippen LogP contribution is -2.13. The number of thiocarbonyl (C=S) groups is 1. The largest absolute Gasteiger partial charge is 0.389 e. The number of anilines is 1. The standard InChI is InChI=1S/C12H12N4OS/c1-16-7-10(6-14-16)15-12(17)9-4-2-8(3-5-9)11(13)18/h2-7H,1H3,(H2,13,18)(H,15,17). The van der Waals surface area contributed by atoms with Crippen LogP contribution < -0.4 is 11.1 Å². The van der Waals surface area contributed by atoms with Gasteiger partial charge in [-0.25, -0.2) is 0 Å². The van der Waals surface area contributed by atoms with Crippen molar-refractivity contribution in [1.29, 1.82) is 0 Å². The number of carbonyl (C=O) groups excluding carboxylic acids is 1. The van der Waals surface area contributed by atoms with E-state index in [1.807, 2.05) is 0 Å². The number of nitrogens with zero attached hydrogens (tertiary/aromatic N) is 2. The summed E-state index contributed by atoms with van der Waals surface area (Å²) in [7, 11) is 1.78. The van der Waals surface area contributed by atoms with Gasteiger partial charge in [-0.1, -0.05) is 24.4 Å². The number of aromatic nitrogens is 2. The van der Waals surface area contributed by atoms with Crippen molar-refractivity contribution in [2.24, 2.45) is 12.8 Å². The van der Waals surface area contributed by atoms with Crippen LogP contribution >= 0.6 is 12.2 Å². The average molecular weight is 260 g/mol. The van der Waals surface area contributed by atoms with Crippen molar-refractivity contribution >= 4 is 28.8 Å². The minimum absolute atomic E-state index is 0.197. The second-order valence-electron chi connectivity index (χ2n) is 3.80. The molecule has 18 heavy (non-hydrogen) atoms. The van der Waals surface area contributed by atoms with Crippen LogP contribution in [0, 0.1) is 0 Å². The highest BCUT2D eigenvalue weighted by atomic mass is 32.1. The molecule has 3 N–H and O–H groups in total. The van der Waals surface area contributed by atoms with Gasteiger partial charge < -0.3 is 11.1 Å². The molecule has 2 rings (SSSR count). The predicted molar refractivity (Wildman–Crippen MR) is 73.5 cm³/mol. The van der Waals surface area contributed by atoms with Crippen molar-refractivity contribution in [3.63, 3.8) is 0 Å². The topological polar surface area (TPSA) is 72.9 Å². The van der Waals surface area contributed by atoms with Crippen LogP contribution in [0.25, 0.3) is 0 Å². The van der Waals surface area contributed by atoms with Crippen molar-refractivity contribution in [2.75, 3.05) is 5.32 Å². The minimum atomic E-state index is -0.197. The number of aryl methyl sites for hydroxylation is 1. The second-order valence-corrected chi connectivity index (χ2v) is 4.24. The lowest BCUT2D eigenvalue weighted by atomic mass is 10.1. The molecule has 0 fully saturated rings. The van der Waals surface area contributed by atoms with Crippen LogP contribution in [0.2, 0.25) is 0 Å². The molecule has 1 aromatic carbocycles. The van der Waals surface area contributed by atoms with Crippen molar-refractivity contribution < 1.29 is 4.79 Å². The van der Waals surface area contributed by atoms with Crippen LogP contribution in [0.1, 0.15) is 15.9 Å². The maximum Gasteiger partial charge on any atom is 0.255 e. The molecular weight excluding hydrogens is 248 g/mol. The first-order valence-electron chi connectivity index (χ1n) is 5.26. The molecule has 0 radical (unpaired) electrons. The third-order valence-corrected chi connectivity index (χ3v) is 2.63. The SMILES string of the molecule is Cn1cc(NC(=O)c2ccc(C(N)=S)cc2)cn1. The summed E-state index contributed by atoms with van der Waals surface area (Å²) in [5.41, 5.74) is 7.42. The summed E-state index contributed by atoms with van der Waals surface area (Å²) >= 11 is 4.84. The maximum absolute atomic E-state index is 11.9. The Kier molecular flexibility index (Phi) is 3.38. The lowest BCUT2D eigenvalue weighted by Gasteiger charge is -2.03. The van der Waals surface area contributed by atoms with E-state index in [4.69, 9.17) is 18.0 Å². The number of benzene rings is 1. The Morgan fingerprint density at radius 1 is 1.33 bits per heavy atom. The average Bonchev–Trinajstić information content (AvgIpc) is 2.75. The summed E-state index contributed by atoms with van der Waals surface area (Å²) < 4.78 is 1.62. The van der Waals surface area contributed by atoms with Gasteiger partial charge in [0.1, 0.15) is 4.99 Å². The van der Waals surface area contributed by atoms with E-state index in [1.54, 1.807) is 48.4 Å². The van der Waals surface area contributed by atoms with Gasteiger partial charge in [-0.2, -0.15) is 5.10 Å². The maximum atomic E-state index is 11.9. The molecule has 0 atom stereocenters. The van der Waals surface area contributed by atoms with Gasteiger partial charge in [-0.3, -0.25) is 9.48 Å². The molecule has 0 aliphatic carbocycles. The third kappa shape index (κ3) is 2.72. The van der Waals surface area contributed by atoms with Gasteiger partial charge in [-0.15, -0.1) is 0 Å². The molecule has 92 valence electrons. The Balaban J connectivity index is 2.11. The van der Waals surface area contributed by atoms with Gasteiger partial charge in [0.15, 0.2) is 0 Å². The molecule has 0 aliphatic heterocycles. The van der Waals surface area contributed by atoms with Gasteiger partial charge >= 0.3 is 0 Å². The minimum Gasteiger partial charge on any atom is -0.389 e. The van der Waals surface area contributed by atoms with E-state index in [0.717, 1.165) is 5.56 Å². The van der Waals surface area contributed by atoms with E-state index in [1.165, 1.54) is 0 Å². The highest BCUT2D eigenvalue weighted by Gasteiger charge is 2.07. The first-order valence-corrected chi connectivity index (χ1v) is 5.67. The quantitative estimate of drug-likeness (QED) is 0.816. The fraction of sp³-hybridized carbons (Fsp3) is 0.0833. The van der Waals surface area contributed by atoms with Crippen molar-refractivity contribution in [3.8, 4) is 0 Å². The van der Waals surface area contributed by atoms with E-state index in [2.05, 4.69) is 10.4 Å². The summed E-state index contributed by atoms with van der Waals surface area (Å²) in [6, 6.07) is 6.81. The summed E-state index contributed by atoms with van der Waals surface area (Å²) in [5.74, 6) is -0.197. The molecule has 0 spiro atoms. The normalized spacial score (nSPS) is 10.1. The molecular formula is C12H12N4OS. The molecule has 2 aromatic rings. The van der Waals surface area contributed by atoms with Crippen LogP contribution in [0.4, 0.5) is 5.69 Å². The predicted octanol–water partition coefficient (Wildman–Crippen LogP) is 1.31. The molecule has 0 saturated heterocycles.